The molecule has 0 amide bonds. The number of rotatable bonds is 5. The van der Waals surface area contributed by atoms with E-state index in [-0.39, 0.29) is 10.6 Å². The lowest BCUT2D eigenvalue weighted by Gasteiger charge is -2.09. The highest BCUT2D eigenvalue weighted by Crippen LogP contribution is 2.33. The van der Waals surface area contributed by atoms with E-state index >= 15 is 0 Å². The number of nitro benzene ring substituents is 1. The van der Waals surface area contributed by atoms with Gasteiger partial charge in [-0.3, -0.25) is 10.1 Å². The van der Waals surface area contributed by atoms with Gasteiger partial charge in [0.15, 0.2) is 0 Å². The molecule has 1 fully saturated rings. The predicted molar refractivity (Wildman–Crippen MR) is 68.4 cm³/mol. The second-order valence-corrected chi connectivity index (χ2v) is 4.87. The van der Waals surface area contributed by atoms with E-state index in [4.69, 9.17) is 0 Å². The summed E-state index contributed by atoms with van der Waals surface area (Å²) in [6, 6.07) is 3.52. The molecule has 1 aliphatic rings. The molecule has 0 bridgehead atoms. The Kier molecular flexibility index (Phi) is 3.31. The molecule has 4 nitrogen and oxygen atoms in total. The standard InChI is InChI=1S/C13H18N2O2/c1-9-7-12(14-6-5-11-3-4-11)13(15(16)17)8-10(9)2/h7-8,11,14H,3-6H2,1-2H3. The van der Waals surface area contributed by atoms with Crippen molar-refractivity contribution in [3.63, 3.8) is 0 Å². The molecule has 1 N–H and O–H groups in total. The highest BCUT2D eigenvalue weighted by Gasteiger charge is 2.21. The van der Waals surface area contributed by atoms with E-state index in [0.29, 0.717) is 5.69 Å². The number of nitrogens with one attached hydrogen (secondary N) is 1. The van der Waals surface area contributed by atoms with E-state index < -0.39 is 0 Å². The Morgan fingerprint density at radius 3 is 2.59 bits per heavy atom. The molecule has 0 aliphatic heterocycles. The third-order valence-electron chi connectivity index (χ3n) is 3.37. The van der Waals surface area contributed by atoms with Crippen LogP contribution in [0.15, 0.2) is 12.1 Å². The van der Waals surface area contributed by atoms with Crippen LogP contribution in [-0.2, 0) is 0 Å². The van der Waals surface area contributed by atoms with Crippen LogP contribution in [0.1, 0.15) is 30.4 Å². The van der Waals surface area contributed by atoms with Gasteiger partial charge < -0.3 is 5.32 Å². The Morgan fingerprint density at radius 1 is 1.35 bits per heavy atom. The van der Waals surface area contributed by atoms with Crippen LogP contribution >= 0.6 is 0 Å². The van der Waals surface area contributed by atoms with Crippen LogP contribution in [0.4, 0.5) is 11.4 Å². The number of hydrogen-bond donors (Lipinski definition) is 1. The molecule has 0 spiro atoms. The summed E-state index contributed by atoms with van der Waals surface area (Å²) in [5, 5.41) is 14.2. The van der Waals surface area contributed by atoms with E-state index in [0.717, 1.165) is 30.0 Å². The number of nitro groups is 1. The maximum Gasteiger partial charge on any atom is 0.292 e. The Labute approximate surface area is 101 Å². The average Bonchev–Trinajstić information content (AvgIpc) is 3.06. The van der Waals surface area contributed by atoms with Gasteiger partial charge in [0.1, 0.15) is 5.69 Å². The van der Waals surface area contributed by atoms with Crippen LogP contribution in [0, 0.1) is 29.9 Å². The quantitative estimate of drug-likeness (QED) is 0.627. The molecule has 0 unspecified atom stereocenters. The van der Waals surface area contributed by atoms with Crippen molar-refractivity contribution in [3.8, 4) is 0 Å². The number of nitrogens with zero attached hydrogens (tertiary/aromatic N) is 1. The van der Waals surface area contributed by atoms with Crippen molar-refractivity contribution in [3.05, 3.63) is 33.4 Å². The maximum absolute atomic E-state index is 11.0. The number of hydrogen-bond acceptors (Lipinski definition) is 3. The molecule has 92 valence electrons. The zero-order valence-electron chi connectivity index (χ0n) is 10.3. The summed E-state index contributed by atoms with van der Waals surface area (Å²) >= 11 is 0. The number of aryl methyl sites for hydroxylation is 2. The van der Waals surface area contributed by atoms with E-state index in [1.165, 1.54) is 12.8 Å². The molecule has 0 aromatic heterocycles. The smallest absolute Gasteiger partial charge is 0.292 e. The van der Waals surface area contributed by atoms with Gasteiger partial charge in [-0.1, -0.05) is 12.8 Å². The van der Waals surface area contributed by atoms with Crippen molar-refractivity contribution in [1.29, 1.82) is 0 Å². The minimum atomic E-state index is -0.314. The van der Waals surface area contributed by atoms with Gasteiger partial charge in [0.05, 0.1) is 4.92 Å². The SMILES string of the molecule is Cc1cc(NCCC2CC2)c([N+](=O)[O-])cc1C. The summed E-state index contributed by atoms with van der Waals surface area (Å²) in [4.78, 5) is 10.6. The summed E-state index contributed by atoms with van der Waals surface area (Å²) in [7, 11) is 0. The Morgan fingerprint density at radius 2 is 2.00 bits per heavy atom. The van der Waals surface area contributed by atoms with Gasteiger partial charge in [0.25, 0.3) is 5.69 Å². The monoisotopic (exact) mass is 234 g/mol. The predicted octanol–water partition coefficient (Wildman–Crippen LogP) is 3.42. The molecule has 1 aliphatic carbocycles. The molecule has 2 rings (SSSR count). The molecule has 1 aromatic rings. The van der Waals surface area contributed by atoms with Crippen molar-refractivity contribution in [1.82, 2.24) is 0 Å². The summed E-state index contributed by atoms with van der Waals surface area (Å²) in [6.45, 7) is 4.70. The summed E-state index contributed by atoms with van der Waals surface area (Å²) in [5.41, 5.74) is 2.89. The third kappa shape index (κ3) is 2.96. The topological polar surface area (TPSA) is 55.2 Å². The molecule has 1 aromatic carbocycles. The lowest BCUT2D eigenvalue weighted by molar-refractivity contribution is -0.384. The van der Waals surface area contributed by atoms with Crippen LogP contribution in [-0.4, -0.2) is 11.5 Å². The molecule has 0 saturated heterocycles. The van der Waals surface area contributed by atoms with Crippen molar-refractivity contribution in [2.45, 2.75) is 33.1 Å². The van der Waals surface area contributed by atoms with Crippen LogP contribution in [0.5, 0.6) is 0 Å². The fourth-order valence-corrected chi connectivity index (χ4v) is 1.91. The molecular formula is C13H18N2O2. The van der Waals surface area contributed by atoms with Gasteiger partial charge in [0, 0.05) is 12.6 Å². The highest BCUT2D eigenvalue weighted by atomic mass is 16.6. The molecule has 0 atom stereocenters. The van der Waals surface area contributed by atoms with Crippen molar-refractivity contribution in [2.24, 2.45) is 5.92 Å². The molecule has 1 saturated carbocycles. The largest absolute Gasteiger partial charge is 0.379 e. The highest BCUT2D eigenvalue weighted by molar-refractivity contribution is 5.64. The molecular weight excluding hydrogens is 216 g/mol. The molecule has 0 heterocycles. The van der Waals surface area contributed by atoms with Crippen molar-refractivity contribution >= 4 is 11.4 Å². The van der Waals surface area contributed by atoms with Crippen LogP contribution in [0.25, 0.3) is 0 Å². The second-order valence-electron chi connectivity index (χ2n) is 4.87. The Balaban J connectivity index is 2.11. The van der Waals surface area contributed by atoms with Gasteiger partial charge >= 0.3 is 0 Å². The van der Waals surface area contributed by atoms with Crippen LogP contribution in [0.3, 0.4) is 0 Å². The zero-order valence-corrected chi connectivity index (χ0v) is 10.3. The molecule has 4 heteroatoms. The third-order valence-corrected chi connectivity index (χ3v) is 3.37. The first kappa shape index (κ1) is 11.9. The van der Waals surface area contributed by atoms with Gasteiger partial charge in [-0.25, -0.2) is 0 Å². The normalized spacial score (nSPS) is 14.7. The fraction of sp³-hybridized carbons (Fsp3) is 0.538. The molecule has 0 radical (unpaired) electrons. The van der Waals surface area contributed by atoms with Crippen LogP contribution in [0.2, 0.25) is 0 Å². The maximum atomic E-state index is 11.0. The van der Waals surface area contributed by atoms with Gasteiger partial charge in [-0.2, -0.15) is 0 Å². The van der Waals surface area contributed by atoms with Gasteiger partial charge in [-0.15, -0.1) is 0 Å². The fourth-order valence-electron chi connectivity index (χ4n) is 1.91. The van der Waals surface area contributed by atoms with Gasteiger partial charge in [-0.05, 0) is 43.4 Å². The second kappa shape index (κ2) is 4.73. The van der Waals surface area contributed by atoms with E-state index in [1.54, 1.807) is 6.07 Å². The Bertz CT molecular complexity index is 439. The van der Waals surface area contributed by atoms with E-state index in [1.807, 2.05) is 19.9 Å². The average molecular weight is 234 g/mol. The van der Waals surface area contributed by atoms with Gasteiger partial charge in [0.2, 0.25) is 0 Å². The summed E-state index contributed by atoms with van der Waals surface area (Å²) < 4.78 is 0. The Hall–Kier alpha value is -1.58. The van der Waals surface area contributed by atoms with Crippen LogP contribution < -0.4 is 5.32 Å². The van der Waals surface area contributed by atoms with E-state index in [2.05, 4.69) is 5.32 Å². The first-order chi connectivity index (χ1) is 8.08. The number of anilines is 1. The van der Waals surface area contributed by atoms with Crippen molar-refractivity contribution in [2.75, 3.05) is 11.9 Å². The van der Waals surface area contributed by atoms with Crippen molar-refractivity contribution < 1.29 is 4.92 Å². The minimum absolute atomic E-state index is 0.184. The minimum Gasteiger partial charge on any atom is -0.379 e. The summed E-state index contributed by atoms with van der Waals surface area (Å²) in [5.74, 6) is 0.841. The molecule has 17 heavy (non-hydrogen) atoms. The lowest BCUT2D eigenvalue weighted by atomic mass is 10.1. The first-order valence-electron chi connectivity index (χ1n) is 6.07. The first-order valence-corrected chi connectivity index (χ1v) is 6.07. The number of benzene rings is 1. The van der Waals surface area contributed by atoms with E-state index in [9.17, 15) is 10.1 Å². The summed E-state index contributed by atoms with van der Waals surface area (Å²) in [6.07, 6.45) is 3.75. The zero-order chi connectivity index (χ0) is 12.4. The lowest BCUT2D eigenvalue weighted by Crippen LogP contribution is -2.05.